The number of benzene rings is 2. The zero-order valence-electron chi connectivity index (χ0n) is 12.8. The van der Waals surface area contributed by atoms with Crippen molar-refractivity contribution < 1.29 is 0 Å². The standard InChI is InChI=1S/C20H14N4/c21-20-19(24-11-4-3-10-18(24)23-20)14-7-5-9-17-15(14)12-13-6-1-2-8-16(13)22-17/h1-12H,21H2. The van der Waals surface area contributed by atoms with Gasteiger partial charge in [-0.1, -0.05) is 36.4 Å². The number of nitrogens with two attached hydrogens (primary N) is 1. The molecule has 2 N–H and O–H groups in total. The highest BCUT2D eigenvalue weighted by Gasteiger charge is 2.14. The molecule has 5 aromatic rings. The largest absolute Gasteiger partial charge is 0.382 e. The molecule has 0 spiro atoms. The molecule has 0 saturated carbocycles. The second-order valence-corrected chi connectivity index (χ2v) is 5.83. The van der Waals surface area contributed by atoms with Crippen LogP contribution in [0.4, 0.5) is 5.82 Å². The first-order chi connectivity index (χ1) is 11.8. The summed E-state index contributed by atoms with van der Waals surface area (Å²) in [6, 6.07) is 22.3. The summed E-state index contributed by atoms with van der Waals surface area (Å²) in [5, 5.41) is 2.19. The third kappa shape index (κ3) is 1.80. The monoisotopic (exact) mass is 310 g/mol. The summed E-state index contributed by atoms with van der Waals surface area (Å²) in [7, 11) is 0. The summed E-state index contributed by atoms with van der Waals surface area (Å²) in [5.74, 6) is 0.529. The Labute approximate surface area is 138 Å². The van der Waals surface area contributed by atoms with Crippen molar-refractivity contribution in [2.24, 2.45) is 0 Å². The fraction of sp³-hybridized carbons (Fsp3) is 0. The van der Waals surface area contributed by atoms with Gasteiger partial charge in [-0.2, -0.15) is 0 Å². The number of pyridine rings is 2. The molecule has 0 unspecified atom stereocenters. The van der Waals surface area contributed by atoms with E-state index >= 15 is 0 Å². The number of fused-ring (bicyclic) bond motifs is 3. The van der Waals surface area contributed by atoms with Crippen LogP contribution in [-0.2, 0) is 0 Å². The Bertz CT molecular complexity index is 1220. The van der Waals surface area contributed by atoms with Gasteiger partial charge in [0.1, 0.15) is 5.65 Å². The van der Waals surface area contributed by atoms with Crippen molar-refractivity contribution in [3.05, 3.63) is 72.9 Å². The molecule has 0 radical (unpaired) electrons. The van der Waals surface area contributed by atoms with Crippen molar-refractivity contribution in [3.8, 4) is 11.3 Å². The molecule has 0 bridgehead atoms. The van der Waals surface area contributed by atoms with E-state index in [2.05, 4.69) is 23.2 Å². The van der Waals surface area contributed by atoms with Crippen molar-refractivity contribution in [3.63, 3.8) is 0 Å². The zero-order valence-corrected chi connectivity index (χ0v) is 12.8. The fourth-order valence-corrected chi connectivity index (χ4v) is 3.29. The van der Waals surface area contributed by atoms with E-state index in [4.69, 9.17) is 10.7 Å². The minimum atomic E-state index is 0.529. The van der Waals surface area contributed by atoms with Crippen LogP contribution in [-0.4, -0.2) is 14.4 Å². The number of rotatable bonds is 1. The predicted octanol–water partition coefficient (Wildman–Crippen LogP) is 4.28. The van der Waals surface area contributed by atoms with E-state index in [0.29, 0.717) is 5.82 Å². The van der Waals surface area contributed by atoms with Gasteiger partial charge in [-0.25, -0.2) is 9.97 Å². The molecule has 2 aromatic carbocycles. The summed E-state index contributed by atoms with van der Waals surface area (Å²) < 4.78 is 2.03. The third-order valence-corrected chi connectivity index (χ3v) is 4.37. The van der Waals surface area contributed by atoms with Crippen LogP contribution in [0, 0.1) is 0 Å². The van der Waals surface area contributed by atoms with E-state index in [1.54, 1.807) is 0 Å². The SMILES string of the molecule is Nc1nc2ccccn2c1-c1cccc2nc3ccccc3cc12. The van der Waals surface area contributed by atoms with Crippen LogP contribution in [0.15, 0.2) is 72.9 Å². The first-order valence-corrected chi connectivity index (χ1v) is 7.83. The molecule has 3 aromatic heterocycles. The van der Waals surface area contributed by atoms with E-state index in [1.165, 1.54) is 0 Å². The molecular formula is C20H14N4. The van der Waals surface area contributed by atoms with Crippen molar-refractivity contribution in [2.45, 2.75) is 0 Å². The van der Waals surface area contributed by atoms with Gasteiger partial charge in [0.25, 0.3) is 0 Å². The van der Waals surface area contributed by atoms with Crippen LogP contribution in [0.1, 0.15) is 0 Å². The van der Waals surface area contributed by atoms with E-state index in [9.17, 15) is 0 Å². The van der Waals surface area contributed by atoms with Gasteiger partial charge in [0, 0.05) is 22.5 Å². The van der Waals surface area contributed by atoms with Gasteiger partial charge in [-0.15, -0.1) is 0 Å². The lowest BCUT2D eigenvalue weighted by Crippen LogP contribution is -1.93. The molecule has 3 heterocycles. The van der Waals surface area contributed by atoms with E-state index in [0.717, 1.165) is 38.7 Å². The smallest absolute Gasteiger partial charge is 0.150 e. The molecule has 0 fully saturated rings. The minimum Gasteiger partial charge on any atom is -0.382 e. The molecule has 4 heteroatoms. The molecule has 0 saturated heterocycles. The summed E-state index contributed by atoms with van der Waals surface area (Å²) in [6.45, 7) is 0. The van der Waals surface area contributed by atoms with E-state index in [1.807, 2.05) is 59.1 Å². The second kappa shape index (κ2) is 4.80. The Kier molecular flexibility index (Phi) is 2.61. The minimum absolute atomic E-state index is 0.529. The van der Waals surface area contributed by atoms with Crippen molar-refractivity contribution >= 4 is 33.3 Å². The number of para-hydroxylation sites is 1. The van der Waals surface area contributed by atoms with E-state index in [-0.39, 0.29) is 0 Å². The molecule has 0 aliphatic carbocycles. The maximum absolute atomic E-state index is 6.24. The molecule has 4 nitrogen and oxygen atoms in total. The van der Waals surface area contributed by atoms with Crippen LogP contribution in [0.2, 0.25) is 0 Å². The van der Waals surface area contributed by atoms with Gasteiger partial charge in [0.05, 0.1) is 16.7 Å². The number of anilines is 1. The van der Waals surface area contributed by atoms with Gasteiger partial charge in [-0.05, 0) is 30.3 Å². The van der Waals surface area contributed by atoms with Crippen LogP contribution in [0.3, 0.4) is 0 Å². The van der Waals surface area contributed by atoms with Gasteiger partial charge < -0.3 is 5.73 Å². The first kappa shape index (κ1) is 13.1. The quantitative estimate of drug-likeness (QED) is 0.470. The topological polar surface area (TPSA) is 56.2 Å². The van der Waals surface area contributed by atoms with Crippen LogP contribution < -0.4 is 5.73 Å². The first-order valence-electron chi connectivity index (χ1n) is 7.83. The zero-order chi connectivity index (χ0) is 16.1. The maximum Gasteiger partial charge on any atom is 0.150 e. The highest BCUT2D eigenvalue weighted by atomic mass is 15.1. The Morgan fingerprint density at radius 3 is 2.58 bits per heavy atom. The average Bonchev–Trinajstić information content (AvgIpc) is 2.95. The Morgan fingerprint density at radius 1 is 0.792 bits per heavy atom. The average molecular weight is 310 g/mol. The number of aromatic nitrogens is 3. The predicted molar refractivity (Wildman–Crippen MR) is 97.8 cm³/mol. The van der Waals surface area contributed by atoms with Crippen LogP contribution >= 0.6 is 0 Å². The maximum atomic E-state index is 6.24. The van der Waals surface area contributed by atoms with Crippen molar-refractivity contribution in [1.82, 2.24) is 14.4 Å². The highest BCUT2D eigenvalue weighted by Crippen LogP contribution is 2.33. The molecule has 0 aliphatic heterocycles. The summed E-state index contributed by atoms with van der Waals surface area (Å²) >= 11 is 0. The van der Waals surface area contributed by atoms with Crippen molar-refractivity contribution in [1.29, 1.82) is 0 Å². The fourth-order valence-electron chi connectivity index (χ4n) is 3.29. The van der Waals surface area contributed by atoms with Crippen LogP contribution in [0.5, 0.6) is 0 Å². The second-order valence-electron chi connectivity index (χ2n) is 5.83. The Hall–Kier alpha value is -3.40. The van der Waals surface area contributed by atoms with Crippen LogP contribution in [0.25, 0.3) is 38.7 Å². The van der Waals surface area contributed by atoms with Gasteiger partial charge in [0.2, 0.25) is 0 Å². The molecule has 0 aliphatic rings. The lowest BCUT2D eigenvalue weighted by Gasteiger charge is -2.08. The summed E-state index contributed by atoms with van der Waals surface area (Å²) in [6.07, 6.45) is 1.99. The lowest BCUT2D eigenvalue weighted by molar-refractivity contribution is 1.19. The molecule has 114 valence electrons. The van der Waals surface area contributed by atoms with Gasteiger partial charge >= 0.3 is 0 Å². The van der Waals surface area contributed by atoms with Gasteiger partial charge in [0.15, 0.2) is 5.82 Å². The highest BCUT2D eigenvalue weighted by molar-refractivity contribution is 6.02. The number of nitrogen functional groups attached to an aromatic ring is 1. The normalized spacial score (nSPS) is 11.5. The number of hydrogen-bond donors (Lipinski definition) is 1. The molecule has 24 heavy (non-hydrogen) atoms. The number of hydrogen-bond acceptors (Lipinski definition) is 3. The molecule has 5 rings (SSSR count). The molecule has 0 atom stereocenters. The summed E-state index contributed by atoms with van der Waals surface area (Å²) in [5.41, 5.74) is 11.0. The molecular weight excluding hydrogens is 296 g/mol. The molecule has 0 amide bonds. The van der Waals surface area contributed by atoms with Crippen molar-refractivity contribution in [2.75, 3.05) is 5.73 Å². The summed E-state index contributed by atoms with van der Waals surface area (Å²) in [4.78, 5) is 9.27. The van der Waals surface area contributed by atoms with E-state index < -0.39 is 0 Å². The Balaban J connectivity index is 1.92. The number of nitrogens with zero attached hydrogens (tertiary/aromatic N) is 3. The third-order valence-electron chi connectivity index (χ3n) is 4.37. The lowest BCUT2D eigenvalue weighted by atomic mass is 10.0. The Morgan fingerprint density at radius 2 is 1.62 bits per heavy atom. The number of imidazole rings is 1. The van der Waals surface area contributed by atoms with Gasteiger partial charge in [-0.3, -0.25) is 4.40 Å².